The van der Waals surface area contributed by atoms with Crippen LogP contribution in [0.4, 0.5) is 0 Å². The lowest BCUT2D eigenvalue weighted by atomic mass is 10.1. The molecule has 7 heteroatoms. The summed E-state index contributed by atoms with van der Waals surface area (Å²) in [4.78, 5) is 22.2. The summed E-state index contributed by atoms with van der Waals surface area (Å²) < 4.78 is 1.28. The molecule has 0 fully saturated rings. The number of rotatable bonds is 3. The van der Waals surface area contributed by atoms with E-state index in [4.69, 9.17) is 10.8 Å². The molecule has 0 saturated heterocycles. The summed E-state index contributed by atoms with van der Waals surface area (Å²) in [7, 11) is 0. The highest BCUT2D eigenvalue weighted by atomic mass is 16.4. The molecule has 2 rings (SSSR count). The smallest absolute Gasteiger partial charge is 0.358 e. The van der Waals surface area contributed by atoms with Gasteiger partial charge in [0.2, 0.25) is 0 Å². The Kier molecular flexibility index (Phi) is 2.80. The molecule has 0 aliphatic rings. The summed E-state index contributed by atoms with van der Waals surface area (Å²) in [5.74, 6) is -1.78. The van der Waals surface area contributed by atoms with Crippen LogP contribution >= 0.6 is 0 Å². The molecule has 0 atom stereocenters. The number of primary amides is 1. The number of carbonyl (C=O) groups is 2. The fourth-order valence-electron chi connectivity index (χ4n) is 1.62. The van der Waals surface area contributed by atoms with Crippen LogP contribution in [0.5, 0.6) is 0 Å². The van der Waals surface area contributed by atoms with Crippen LogP contribution in [-0.4, -0.2) is 32.0 Å². The second kappa shape index (κ2) is 4.28. The van der Waals surface area contributed by atoms with Gasteiger partial charge in [0, 0.05) is 0 Å². The van der Waals surface area contributed by atoms with Crippen LogP contribution in [0.2, 0.25) is 0 Å². The summed E-state index contributed by atoms with van der Waals surface area (Å²) in [6.07, 6.45) is 0. The number of benzene rings is 1. The third-order valence-electron chi connectivity index (χ3n) is 2.49. The minimum atomic E-state index is -1.17. The standard InChI is InChI=1S/C11H10N4O3/c1-6-9(11(17)18)13-14-15(6)8-5-3-2-4-7(8)10(12)16/h2-5H,1H3,(H2,12,16)(H,17,18). The van der Waals surface area contributed by atoms with Crippen LogP contribution in [0, 0.1) is 6.92 Å². The van der Waals surface area contributed by atoms with Gasteiger partial charge in [-0.1, -0.05) is 17.3 Å². The van der Waals surface area contributed by atoms with Gasteiger partial charge in [-0.3, -0.25) is 4.79 Å². The van der Waals surface area contributed by atoms with Gasteiger partial charge in [0.25, 0.3) is 5.91 Å². The highest BCUT2D eigenvalue weighted by Crippen LogP contribution is 2.16. The third kappa shape index (κ3) is 1.81. The number of hydrogen-bond donors (Lipinski definition) is 2. The number of aromatic carboxylic acids is 1. The lowest BCUT2D eigenvalue weighted by Crippen LogP contribution is -2.15. The molecule has 0 bridgehead atoms. The zero-order valence-corrected chi connectivity index (χ0v) is 9.49. The van der Waals surface area contributed by atoms with Crippen molar-refractivity contribution in [2.45, 2.75) is 6.92 Å². The van der Waals surface area contributed by atoms with Crippen molar-refractivity contribution in [1.29, 1.82) is 0 Å². The zero-order chi connectivity index (χ0) is 13.3. The van der Waals surface area contributed by atoms with E-state index in [9.17, 15) is 9.59 Å². The van der Waals surface area contributed by atoms with E-state index < -0.39 is 11.9 Å². The molecule has 0 radical (unpaired) electrons. The molecular weight excluding hydrogens is 236 g/mol. The Morgan fingerprint density at radius 3 is 2.56 bits per heavy atom. The Hall–Kier alpha value is -2.70. The van der Waals surface area contributed by atoms with Crippen molar-refractivity contribution >= 4 is 11.9 Å². The van der Waals surface area contributed by atoms with Crippen LogP contribution in [-0.2, 0) is 0 Å². The molecule has 0 spiro atoms. The van der Waals surface area contributed by atoms with Crippen LogP contribution in [0.25, 0.3) is 5.69 Å². The first kappa shape index (κ1) is 11.8. The molecule has 1 amide bonds. The van der Waals surface area contributed by atoms with Gasteiger partial charge in [-0.05, 0) is 19.1 Å². The normalized spacial score (nSPS) is 10.3. The van der Waals surface area contributed by atoms with E-state index in [0.29, 0.717) is 11.4 Å². The molecule has 92 valence electrons. The van der Waals surface area contributed by atoms with E-state index in [1.54, 1.807) is 31.2 Å². The van der Waals surface area contributed by atoms with Crippen molar-refractivity contribution in [1.82, 2.24) is 15.0 Å². The largest absolute Gasteiger partial charge is 0.476 e. The van der Waals surface area contributed by atoms with Crippen LogP contribution in [0.15, 0.2) is 24.3 Å². The van der Waals surface area contributed by atoms with Crippen molar-refractivity contribution in [3.05, 3.63) is 41.2 Å². The molecule has 7 nitrogen and oxygen atoms in total. The van der Waals surface area contributed by atoms with Crippen LogP contribution in [0.3, 0.4) is 0 Å². The van der Waals surface area contributed by atoms with Gasteiger partial charge >= 0.3 is 5.97 Å². The van der Waals surface area contributed by atoms with E-state index in [1.165, 1.54) is 4.68 Å². The quantitative estimate of drug-likeness (QED) is 0.812. The second-order valence-corrected chi connectivity index (χ2v) is 3.62. The van der Waals surface area contributed by atoms with Gasteiger partial charge in [0.1, 0.15) is 0 Å². The fraction of sp³-hybridized carbons (Fsp3) is 0.0909. The first-order valence-corrected chi connectivity index (χ1v) is 5.07. The zero-order valence-electron chi connectivity index (χ0n) is 9.49. The van der Waals surface area contributed by atoms with E-state index in [-0.39, 0.29) is 11.3 Å². The maximum absolute atomic E-state index is 11.3. The fourth-order valence-corrected chi connectivity index (χ4v) is 1.62. The summed E-state index contributed by atoms with van der Waals surface area (Å²) in [6, 6.07) is 6.52. The molecule has 0 saturated carbocycles. The van der Waals surface area contributed by atoms with Gasteiger partial charge in [-0.15, -0.1) is 5.10 Å². The topological polar surface area (TPSA) is 111 Å². The molecule has 1 heterocycles. The van der Waals surface area contributed by atoms with Gasteiger partial charge in [0.15, 0.2) is 5.69 Å². The highest BCUT2D eigenvalue weighted by Gasteiger charge is 2.18. The Bertz CT molecular complexity index is 633. The number of carboxylic acids is 1. The van der Waals surface area contributed by atoms with E-state index in [2.05, 4.69) is 10.3 Å². The summed E-state index contributed by atoms with van der Waals surface area (Å²) in [5, 5.41) is 16.2. The number of nitrogens with zero attached hydrogens (tertiary/aromatic N) is 3. The lowest BCUT2D eigenvalue weighted by molar-refractivity contribution is 0.0689. The predicted octanol–water partition coefficient (Wildman–Crippen LogP) is 0.373. The third-order valence-corrected chi connectivity index (χ3v) is 2.49. The van der Waals surface area contributed by atoms with Crippen molar-refractivity contribution < 1.29 is 14.7 Å². The minimum Gasteiger partial charge on any atom is -0.476 e. The Labute approximate surface area is 102 Å². The maximum Gasteiger partial charge on any atom is 0.358 e. The van der Waals surface area contributed by atoms with Crippen molar-refractivity contribution in [2.75, 3.05) is 0 Å². The molecule has 3 N–H and O–H groups in total. The molecule has 1 aromatic heterocycles. The number of nitrogens with two attached hydrogens (primary N) is 1. The summed E-state index contributed by atoms with van der Waals surface area (Å²) in [6.45, 7) is 1.56. The van der Waals surface area contributed by atoms with Gasteiger partial charge < -0.3 is 10.8 Å². The molecule has 2 aromatic rings. The highest BCUT2D eigenvalue weighted by molar-refractivity contribution is 5.96. The summed E-state index contributed by atoms with van der Waals surface area (Å²) >= 11 is 0. The van der Waals surface area contributed by atoms with Crippen LogP contribution in [0.1, 0.15) is 26.5 Å². The monoisotopic (exact) mass is 246 g/mol. The number of carboxylic acid groups (broad SMARTS) is 1. The van der Waals surface area contributed by atoms with Gasteiger partial charge in [0.05, 0.1) is 16.9 Å². The van der Waals surface area contributed by atoms with Crippen molar-refractivity contribution in [2.24, 2.45) is 5.73 Å². The number of aromatic nitrogens is 3. The summed E-state index contributed by atoms with van der Waals surface area (Å²) in [5.41, 5.74) is 6.08. The van der Waals surface area contributed by atoms with Gasteiger partial charge in [-0.25, -0.2) is 9.48 Å². The molecule has 0 unspecified atom stereocenters. The molecule has 1 aromatic carbocycles. The predicted molar refractivity (Wildman–Crippen MR) is 61.6 cm³/mol. The number of hydrogen-bond acceptors (Lipinski definition) is 4. The SMILES string of the molecule is Cc1c(C(=O)O)nnn1-c1ccccc1C(N)=O. The number of amides is 1. The van der Waals surface area contributed by atoms with E-state index >= 15 is 0 Å². The average Bonchev–Trinajstić information content (AvgIpc) is 2.71. The second-order valence-electron chi connectivity index (χ2n) is 3.62. The van der Waals surface area contributed by atoms with Crippen LogP contribution < -0.4 is 5.73 Å². The van der Waals surface area contributed by atoms with E-state index in [1.807, 2.05) is 0 Å². The molecular formula is C11H10N4O3. The molecule has 0 aliphatic heterocycles. The molecule has 0 aliphatic carbocycles. The average molecular weight is 246 g/mol. The minimum absolute atomic E-state index is 0.158. The van der Waals surface area contributed by atoms with E-state index in [0.717, 1.165) is 0 Å². The van der Waals surface area contributed by atoms with Crippen molar-refractivity contribution in [3.63, 3.8) is 0 Å². The Balaban J connectivity index is 2.63. The number of para-hydroxylation sites is 1. The Morgan fingerprint density at radius 1 is 1.33 bits per heavy atom. The first-order valence-electron chi connectivity index (χ1n) is 5.07. The molecule has 18 heavy (non-hydrogen) atoms. The van der Waals surface area contributed by atoms with Gasteiger partial charge in [-0.2, -0.15) is 0 Å². The first-order chi connectivity index (χ1) is 8.52. The number of carbonyl (C=O) groups excluding carboxylic acids is 1. The van der Waals surface area contributed by atoms with Crippen molar-refractivity contribution in [3.8, 4) is 5.69 Å². The lowest BCUT2D eigenvalue weighted by Gasteiger charge is -2.07. The Morgan fingerprint density at radius 2 is 2.00 bits per heavy atom. The maximum atomic E-state index is 11.3.